The van der Waals surface area contributed by atoms with E-state index >= 15 is 0 Å². The fraction of sp³-hybridized carbons (Fsp3) is 0.182. The Morgan fingerprint density at radius 2 is 1.97 bits per heavy atom. The molecule has 9 heteroatoms. The van der Waals surface area contributed by atoms with Crippen molar-refractivity contribution in [2.45, 2.75) is 12.8 Å². The molecule has 0 aliphatic carbocycles. The van der Waals surface area contributed by atoms with Gasteiger partial charge in [-0.15, -0.1) is 11.3 Å². The van der Waals surface area contributed by atoms with Crippen molar-refractivity contribution in [2.24, 2.45) is 0 Å². The number of para-hydroxylation sites is 1. The van der Waals surface area contributed by atoms with Gasteiger partial charge in [-0.2, -0.15) is 0 Å². The molecule has 3 aromatic rings. The van der Waals surface area contributed by atoms with Crippen LogP contribution in [0.3, 0.4) is 0 Å². The molecule has 2 amide bonds. The zero-order valence-corrected chi connectivity index (χ0v) is 19.5. The monoisotopic (exact) mass is 487 g/mol. The van der Waals surface area contributed by atoms with Gasteiger partial charge in [-0.25, -0.2) is 4.98 Å². The van der Waals surface area contributed by atoms with Gasteiger partial charge in [-0.3, -0.25) is 14.5 Å². The largest absolute Gasteiger partial charge is 0.356 e. The maximum atomic E-state index is 12.7. The third-order valence-electron chi connectivity index (χ3n) is 4.60. The Morgan fingerprint density at radius 3 is 2.74 bits per heavy atom. The summed E-state index contributed by atoms with van der Waals surface area (Å²) < 4.78 is 1.61. The number of carbonyl (C=O) groups excluding carboxylic acids is 2. The van der Waals surface area contributed by atoms with Crippen LogP contribution in [0.25, 0.3) is 16.3 Å². The van der Waals surface area contributed by atoms with Crippen molar-refractivity contribution in [1.29, 1.82) is 0 Å². The number of rotatable bonds is 7. The number of benzene rings is 2. The molecule has 0 unspecified atom stereocenters. The molecule has 0 radical (unpaired) electrons. The summed E-state index contributed by atoms with van der Waals surface area (Å²) in [4.78, 5) is 31.5. The van der Waals surface area contributed by atoms with Gasteiger partial charge in [0.25, 0.3) is 5.91 Å². The fourth-order valence-corrected chi connectivity index (χ4v) is 5.44. The average Bonchev–Trinajstić information content (AvgIpc) is 3.28. The number of fused-ring (bicyclic) bond motifs is 1. The van der Waals surface area contributed by atoms with Crippen molar-refractivity contribution >= 4 is 79.3 Å². The second-order valence-corrected chi connectivity index (χ2v) is 10.0. The van der Waals surface area contributed by atoms with Crippen molar-refractivity contribution in [3.63, 3.8) is 0 Å². The number of nitrogens with one attached hydrogen (secondary N) is 1. The number of hydrogen-bond acceptors (Lipinski definition) is 6. The first-order valence-corrected chi connectivity index (χ1v) is 12.0. The van der Waals surface area contributed by atoms with Crippen LogP contribution in [0.4, 0.5) is 0 Å². The number of nitrogens with zero attached hydrogens (tertiary/aromatic N) is 2. The van der Waals surface area contributed by atoms with E-state index in [1.165, 1.54) is 16.7 Å². The first-order valence-electron chi connectivity index (χ1n) is 9.62. The summed E-state index contributed by atoms with van der Waals surface area (Å²) in [6, 6.07) is 15.2. The second-order valence-electron chi connectivity index (χ2n) is 6.81. The lowest BCUT2D eigenvalue weighted by Gasteiger charge is -2.14. The Balaban J connectivity index is 1.26. The highest BCUT2D eigenvalue weighted by Crippen LogP contribution is 2.32. The van der Waals surface area contributed by atoms with Crippen LogP contribution in [0.15, 0.2) is 53.4 Å². The van der Waals surface area contributed by atoms with Crippen LogP contribution < -0.4 is 5.32 Å². The summed E-state index contributed by atoms with van der Waals surface area (Å²) in [5.74, 6) is -0.288. The van der Waals surface area contributed by atoms with Crippen molar-refractivity contribution in [3.05, 3.63) is 69.0 Å². The Morgan fingerprint density at radius 1 is 1.19 bits per heavy atom. The molecule has 1 saturated heterocycles. The van der Waals surface area contributed by atoms with E-state index in [4.69, 9.17) is 23.8 Å². The highest BCUT2D eigenvalue weighted by molar-refractivity contribution is 8.26. The summed E-state index contributed by atoms with van der Waals surface area (Å²) in [6.07, 6.45) is 2.66. The van der Waals surface area contributed by atoms with Gasteiger partial charge in [0.05, 0.1) is 20.1 Å². The molecule has 2 aromatic carbocycles. The SMILES string of the molecule is O=C(CCN1C(=O)/C(=C/c2ccc(Cl)cc2)SC1=S)NCCc1nc2ccccc2s1. The van der Waals surface area contributed by atoms with Gasteiger partial charge >= 0.3 is 0 Å². The van der Waals surface area contributed by atoms with E-state index in [2.05, 4.69) is 10.3 Å². The van der Waals surface area contributed by atoms with Crippen LogP contribution in [0.1, 0.15) is 17.0 Å². The van der Waals surface area contributed by atoms with Crippen molar-refractivity contribution < 1.29 is 9.59 Å². The van der Waals surface area contributed by atoms with E-state index in [-0.39, 0.29) is 24.8 Å². The number of halogens is 1. The molecule has 1 aliphatic rings. The highest BCUT2D eigenvalue weighted by atomic mass is 35.5. The average molecular weight is 488 g/mol. The highest BCUT2D eigenvalue weighted by Gasteiger charge is 2.32. The summed E-state index contributed by atoms with van der Waals surface area (Å²) in [6.45, 7) is 0.767. The molecule has 1 aliphatic heterocycles. The number of amides is 2. The van der Waals surface area contributed by atoms with Gasteiger partial charge in [-0.05, 0) is 35.9 Å². The molecule has 0 spiro atoms. The second kappa shape index (κ2) is 9.91. The molecule has 1 aromatic heterocycles. The Labute approximate surface area is 198 Å². The summed E-state index contributed by atoms with van der Waals surface area (Å²) in [7, 11) is 0. The number of hydrogen-bond donors (Lipinski definition) is 1. The van der Waals surface area contributed by atoms with Crippen LogP contribution in [-0.2, 0) is 16.0 Å². The van der Waals surface area contributed by atoms with Crippen molar-refractivity contribution in [2.75, 3.05) is 13.1 Å². The molecule has 5 nitrogen and oxygen atoms in total. The molecule has 0 saturated carbocycles. The van der Waals surface area contributed by atoms with Crippen LogP contribution >= 0.6 is 46.9 Å². The van der Waals surface area contributed by atoms with E-state index in [9.17, 15) is 9.59 Å². The molecule has 2 heterocycles. The number of aromatic nitrogens is 1. The molecule has 0 bridgehead atoms. The van der Waals surface area contributed by atoms with Crippen molar-refractivity contribution in [3.8, 4) is 0 Å². The minimum atomic E-state index is -0.174. The number of thiocarbonyl (C=S) groups is 1. The van der Waals surface area contributed by atoms with Gasteiger partial charge in [0, 0.05) is 31.0 Å². The maximum absolute atomic E-state index is 12.7. The van der Waals surface area contributed by atoms with E-state index in [0.717, 1.165) is 20.8 Å². The molecular formula is C22H18ClN3O2S3. The molecule has 4 rings (SSSR count). The van der Waals surface area contributed by atoms with Gasteiger partial charge in [-0.1, -0.05) is 59.8 Å². The summed E-state index contributed by atoms with van der Waals surface area (Å²) in [5, 5.41) is 4.53. The predicted octanol–water partition coefficient (Wildman–Crippen LogP) is 4.90. The van der Waals surface area contributed by atoms with Crippen LogP contribution in [0, 0.1) is 0 Å². The molecule has 31 heavy (non-hydrogen) atoms. The Kier molecular flexibility index (Phi) is 7.02. The maximum Gasteiger partial charge on any atom is 0.266 e. The van der Waals surface area contributed by atoms with E-state index < -0.39 is 0 Å². The zero-order chi connectivity index (χ0) is 21.8. The van der Waals surface area contributed by atoms with Crippen LogP contribution in [-0.4, -0.2) is 39.1 Å². The minimum Gasteiger partial charge on any atom is -0.356 e. The molecule has 1 N–H and O–H groups in total. The summed E-state index contributed by atoms with van der Waals surface area (Å²) in [5.41, 5.74) is 1.85. The number of thioether (sulfide) groups is 1. The zero-order valence-electron chi connectivity index (χ0n) is 16.3. The van der Waals surface area contributed by atoms with E-state index in [0.29, 0.717) is 27.2 Å². The molecular weight excluding hydrogens is 470 g/mol. The van der Waals surface area contributed by atoms with E-state index in [1.807, 2.05) is 36.4 Å². The number of thiazole rings is 1. The lowest BCUT2D eigenvalue weighted by molar-refractivity contribution is -0.123. The fourth-order valence-electron chi connectivity index (χ4n) is 3.04. The quantitative estimate of drug-likeness (QED) is 0.379. The Bertz CT molecular complexity index is 1140. The molecule has 0 atom stereocenters. The van der Waals surface area contributed by atoms with Gasteiger partial charge in [0.1, 0.15) is 4.32 Å². The Hall–Kier alpha value is -2.26. The van der Waals surface area contributed by atoms with Gasteiger partial charge in [0.15, 0.2) is 0 Å². The third kappa shape index (κ3) is 5.51. The third-order valence-corrected chi connectivity index (χ3v) is 7.33. The van der Waals surface area contributed by atoms with Gasteiger partial charge < -0.3 is 5.32 Å². The predicted molar refractivity (Wildman–Crippen MR) is 132 cm³/mol. The first kappa shape index (κ1) is 22.0. The molecule has 1 fully saturated rings. The van der Waals surface area contributed by atoms with Crippen LogP contribution in [0.2, 0.25) is 5.02 Å². The topological polar surface area (TPSA) is 62.3 Å². The van der Waals surface area contributed by atoms with E-state index in [1.54, 1.807) is 29.5 Å². The smallest absolute Gasteiger partial charge is 0.266 e. The lowest BCUT2D eigenvalue weighted by Crippen LogP contribution is -2.34. The van der Waals surface area contributed by atoms with Gasteiger partial charge in [0.2, 0.25) is 5.91 Å². The van der Waals surface area contributed by atoms with Crippen molar-refractivity contribution in [1.82, 2.24) is 15.2 Å². The van der Waals surface area contributed by atoms with Crippen LogP contribution in [0.5, 0.6) is 0 Å². The molecule has 158 valence electrons. The lowest BCUT2D eigenvalue weighted by atomic mass is 10.2. The summed E-state index contributed by atoms with van der Waals surface area (Å²) >= 11 is 14.1. The normalized spacial score (nSPS) is 15.3. The minimum absolute atomic E-state index is 0.114. The first-order chi connectivity index (χ1) is 15.0. The standard InChI is InChI=1S/C22H18ClN3O2S3/c23-15-7-5-14(6-8-15)13-18-21(28)26(22(29)31-18)12-10-19(27)24-11-9-20-25-16-3-1-2-4-17(16)30-20/h1-8,13H,9-12H2,(H,24,27)/b18-13-. The number of carbonyl (C=O) groups is 2.